The lowest BCUT2D eigenvalue weighted by Gasteiger charge is -2.01. The molecule has 0 radical (unpaired) electrons. The minimum atomic E-state index is -0.00758. The Morgan fingerprint density at radius 3 is 2.75 bits per heavy atom. The third-order valence-corrected chi connectivity index (χ3v) is 0.583. The predicted molar refractivity (Wildman–Crippen MR) is 31.7 cm³/mol. The van der Waals surface area contributed by atoms with Crippen molar-refractivity contribution in [2.24, 2.45) is 5.73 Å². The highest BCUT2D eigenvalue weighted by molar-refractivity contribution is 5.97. The van der Waals surface area contributed by atoms with Gasteiger partial charge in [0.2, 0.25) is 0 Å². The summed E-state index contributed by atoms with van der Waals surface area (Å²) in [7, 11) is 0.511. The van der Waals surface area contributed by atoms with Crippen LogP contribution in [0.25, 0.3) is 0 Å². The van der Waals surface area contributed by atoms with E-state index in [2.05, 4.69) is 14.5 Å². The average Bonchev–Trinajstić information content (AvgIpc) is 1.66. The third-order valence-electron chi connectivity index (χ3n) is 0.447. The predicted octanol–water partition coefficient (Wildman–Crippen LogP) is -1.51. The summed E-state index contributed by atoms with van der Waals surface area (Å²) in [5.41, 5.74) is 5.28. The molecular weight excluding hydrogens is 126 g/mol. The highest BCUT2D eigenvalue weighted by atomic mass is 28.2. The van der Waals surface area contributed by atoms with E-state index in [1.54, 1.807) is 0 Å². The van der Waals surface area contributed by atoms with Crippen LogP contribution in [0.4, 0.5) is 0 Å². The summed E-state index contributed by atoms with van der Waals surface area (Å²) in [6, 6.07) is -0.00758. The lowest BCUT2D eigenvalue weighted by molar-refractivity contribution is -0.467. The molecule has 1 unspecified atom stereocenters. The molecule has 0 saturated carbocycles. The standard InChI is InChI=1S/C3H11NO3Si/c1-3(4)2-5-6-7-8/h3H,2,4H2,1,8H3. The molecule has 0 fully saturated rings. The number of nitrogens with two attached hydrogens (primary N) is 1. The van der Waals surface area contributed by atoms with E-state index in [0.717, 1.165) is 0 Å². The Morgan fingerprint density at radius 1 is 1.75 bits per heavy atom. The SMILES string of the molecule is CC(N)COOO[SiH3]. The van der Waals surface area contributed by atoms with Crippen molar-refractivity contribution in [3.8, 4) is 0 Å². The van der Waals surface area contributed by atoms with Gasteiger partial charge in [0.05, 0.1) is 0 Å². The van der Waals surface area contributed by atoms with Crippen LogP contribution in [0.15, 0.2) is 0 Å². The molecule has 0 aromatic rings. The fraction of sp³-hybridized carbons (Fsp3) is 1.00. The van der Waals surface area contributed by atoms with Gasteiger partial charge >= 0.3 is 0 Å². The van der Waals surface area contributed by atoms with Crippen LogP contribution in [0.1, 0.15) is 6.92 Å². The molecule has 0 spiro atoms. The lowest BCUT2D eigenvalue weighted by Crippen LogP contribution is -2.21. The summed E-state index contributed by atoms with van der Waals surface area (Å²) in [6.45, 7) is 2.18. The normalized spacial score (nSPS) is 14.2. The van der Waals surface area contributed by atoms with E-state index in [9.17, 15) is 0 Å². The highest BCUT2D eigenvalue weighted by Gasteiger charge is 1.91. The number of hydrogen-bond acceptors (Lipinski definition) is 4. The zero-order chi connectivity index (χ0) is 6.41. The summed E-state index contributed by atoms with van der Waals surface area (Å²) in [5.74, 6) is 0. The van der Waals surface area contributed by atoms with Gasteiger partial charge in [-0.05, 0) is 6.92 Å². The molecular formula is C3H11NO3Si. The molecule has 1 atom stereocenters. The number of hydrogen-bond donors (Lipinski definition) is 1. The van der Waals surface area contributed by atoms with E-state index in [0.29, 0.717) is 17.1 Å². The first-order valence-electron chi connectivity index (χ1n) is 2.35. The quantitative estimate of drug-likeness (QED) is 0.222. The van der Waals surface area contributed by atoms with Crippen LogP contribution in [0.3, 0.4) is 0 Å². The molecule has 0 bridgehead atoms. The molecule has 5 heteroatoms. The fourth-order valence-corrected chi connectivity index (χ4v) is 0.279. The molecule has 8 heavy (non-hydrogen) atoms. The van der Waals surface area contributed by atoms with Gasteiger partial charge in [0.15, 0.2) is 10.5 Å². The van der Waals surface area contributed by atoms with Crippen LogP contribution in [0, 0.1) is 0 Å². The Labute approximate surface area is 51.3 Å². The minimum absolute atomic E-state index is 0.00758. The summed E-state index contributed by atoms with van der Waals surface area (Å²) in [5, 5.41) is 4.13. The van der Waals surface area contributed by atoms with E-state index >= 15 is 0 Å². The van der Waals surface area contributed by atoms with E-state index in [4.69, 9.17) is 5.73 Å². The van der Waals surface area contributed by atoms with Gasteiger partial charge in [-0.2, -0.15) is 0 Å². The second-order valence-electron chi connectivity index (χ2n) is 1.50. The van der Waals surface area contributed by atoms with Gasteiger partial charge in [-0.25, -0.2) is 4.89 Å². The van der Waals surface area contributed by atoms with Crippen molar-refractivity contribution < 1.29 is 14.5 Å². The maximum atomic E-state index is 5.28. The maximum absolute atomic E-state index is 5.28. The molecule has 0 aromatic carbocycles. The van der Waals surface area contributed by atoms with Crippen molar-refractivity contribution in [1.29, 1.82) is 0 Å². The van der Waals surface area contributed by atoms with Crippen LogP contribution in [0.5, 0.6) is 0 Å². The molecule has 0 aliphatic heterocycles. The van der Waals surface area contributed by atoms with E-state index in [1.807, 2.05) is 6.92 Å². The van der Waals surface area contributed by atoms with E-state index < -0.39 is 0 Å². The Hall–Kier alpha value is 0.0569. The van der Waals surface area contributed by atoms with Gasteiger partial charge < -0.3 is 5.73 Å². The first kappa shape index (κ1) is 8.06. The first-order chi connectivity index (χ1) is 3.77. The Balaban J connectivity index is 2.72. The summed E-state index contributed by atoms with van der Waals surface area (Å²) < 4.78 is 4.25. The van der Waals surface area contributed by atoms with Crippen molar-refractivity contribution in [2.75, 3.05) is 6.61 Å². The molecule has 50 valence electrons. The zero-order valence-electron chi connectivity index (χ0n) is 5.09. The largest absolute Gasteiger partial charge is 0.326 e. The molecule has 0 aromatic heterocycles. The van der Waals surface area contributed by atoms with Gasteiger partial charge in [-0.3, -0.25) is 4.58 Å². The first-order valence-corrected chi connectivity index (χ1v) is 3.17. The van der Waals surface area contributed by atoms with E-state index in [1.165, 1.54) is 0 Å². The smallest absolute Gasteiger partial charge is 0.197 e. The molecule has 0 aliphatic rings. The monoisotopic (exact) mass is 137 g/mol. The molecule has 0 aliphatic carbocycles. The molecule has 4 nitrogen and oxygen atoms in total. The molecule has 0 rings (SSSR count). The Kier molecular flexibility index (Phi) is 5.24. The van der Waals surface area contributed by atoms with E-state index in [-0.39, 0.29) is 6.04 Å². The third kappa shape index (κ3) is 6.06. The lowest BCUT2D eigenvalue weighted by atomic mass is 10.4. The van der Waals surface area contributed by atoms with Crippen LogP contribution < -0.4 is 5.73 Å². The van der Waals surface area contributed by atoms with Gasteiger partial charge in [-0.15, -0.1) is 0 Å². The highest BCUT2D eigenvalue weighted by Crippen LogP contribution is 1.79. The summed E-state index contributed by atoms with van der Waals surface area (Å²) in [4.78, 5) is 4.43. The Morgan fingerprint density at radius 2 is 2.38 bits per heavy atom. The second-order valence-corrected chi connectivity index (χ2v) is 1.83. The van der Waals surface area contributed by atoms with Crippen molar-refractivity contribution >= 4 is 10.5 Å². The van der Waals surface area contributed by atoms with Crippen molar-refractivity contribution in [3.63, 3.8) is 0 Å². The molecule has 0 heterocycles. The van der Waals surface area contributed by atoms with Crippen molar-refractivity contribution in [1.82, 2.24) is 0 Å². The summed E-state index contributed by atoms with van der Waals surface area (Å²) >= 11 is 0. The topological polar surface area (TPSA) is 53.7 Å². The Bertz CT molecular complexity index is 51.8. The fourth-order valence-electron chi connectivity index (χ4n) is 0.183. The molecule has 2 N–H and O–H groups in total. The van der Waals surface area contributed by atoms with Gasteiger partial charge in [-0.1, -0.05) is 5.04 Å². The summed E-state index contributed by atoms with van der Waals surface area (Å²) in [6.07, 6.45) is 0. The van der Waals surface area contributed by atoms with Gasteiger partial charge in [0.25, 0.3) is 0 Å². The van der Waals surface area contributed by atoms with Crippen molar-refractivity contribution in [3.05, 3.63) is 0 Å². The van der Waals surface area contributed by atoms with Gasteiger partial charge in [0, 0.05) is 6.04 Å². The molecule has 0 saturated heterocycles. The van der Waals surface area contributed by atoms with Crippen LogP contribution in [-0.2, 0) is 14.5 Å². The second kappa shape index (κ2) is 5.20. The minimum Gasteiger partial charge on any atom is -0.326 e. The van der Waals surface area contributed by atoms with Crippen LogP contribution in [-0.4, -0.2) is 23.1 Å². The number of rotatable bonds is 4. The van der Waals surface area contributed by atoms with Crippen molar-refractivity contribution in [2.45, 2.75) is 13.0 Å². The average molecular weight is 137 g/mol. The maximum Gasteiger partial charge on any atom is 0.197 e. The van der Waals surface area contributed by atoms with Crippen LogP contribution in [0.2, 0.25) is 0 Å². The molecule has 0 amide bonds. The van der Waals surface area contributed by atoms with Gasteiger partial charge in [0.1, 0.15) is 6.61 Å². The van der Waals surface area contributed by atoms with Crippen LogP contribution >= 0.6 is 0 Å². The zero-order valence-corrected chi connectivity index (χ0v) is 7.09.